The second kappa shape index (κ2) is 7.13. The number of phenols is 1. The molecular formula is C12H14ClF2NO3. The van der Waals surface area contributed by atoms with Crippen molar-refractivity contribution in [1.29, 1.82) is 0 Å². The van der Waals surface area contributed by atoms with Gasteiger partial charge < -0.3 is 14.7 Å². The number of methoxy groups -OCH3 is 1. The van der Waals surface area contributed by atoms with E-state index in [0.717, 1.165) is 4.90 Å². The number of ether oxygens (including phenoxy) is 1. The second-order valence-corrected chi connectivity index (χ2v) is 4.07. The number of hydrogen-bond donors (Lipinski definition) is 1. The molecule has 1 aromatic carbocycles. The molecule has 0 aliphatic carbocycles. The molecule has 0 heterocycles. The number of aromatic hydroxyl groups is 1. The Bertz CT molecular complexity index is 443. The number of halogens is 3. The molecule has 0 saturated carbocycles. The van der Waals surface area contributed by atoms with Gasteiger partial charge in [-0.1, -0.05) is 6.07 Å². The van der Waals surface area contributed by atoms with Gasteiger partial charge >= 0.3 is 0 Å². The summed E-state index contributed by atoms with van der Waals surface area (Å²) in [7, 11) is 1.33. The van der Waals surface area contributed by atoms with E-state index in [2.05, 4.69) is 0 Å². The fraction of sp³-hybridized carbons (Fsp3) is 0.417. The van der Waals surface area contributed by atoms with Gasteiger partial charge in [0, 0.05) is 12.4 Å². The molecule has 0 bridgehead atoms. The van der Waals surface area contributed by atoms with Crippen molar-refractivity contribution in [2.45, 2.75) is 6.43 Å². The van der Waals surface area contributed by atoms with E-state index < -0.39 is 18.9 Å². The zero-order valence-corrected chi connectivity index (χ0v) is 11.0. The number of carbonyl (C=O) groups excluding carboxylic acids is 1. The van der Waals surface area contributed by atoms with Crippen molar-refractivity contribution < 1.29 is 23.4 Å². The Morgan fingerprint density at radius 2 is 2.21 bits per heavy atom. The number of phenolic OH excluding ortho intramolecular Hbond substituents is 1. The summed E-state index contributed by atoms with van der Waals surface area (Å²) in [5.74, 6) is -0.946. The van der Waals surface area contributed by atoms with Gasteiger partial charge in [0.05, 0.1) is 19.2 Å². The molecule has 19 heavy (non-hydrogen) atoms. The highest BCUT2D eigenvalue weighted by atomic mass is 35.5. The van der Waals surface area contributed by atoms with Crippen LogP contribution in [0.1, 0.15) is 10.4 Å². The number of benzene rings is 1. The minimum atomic E-state index is -2.67. The molecule has 0 spiro atoms. The van der Waals surface area contributed by atoms with Crippen molar-refractivity contribution in [2.24, 2.45) is 0 Å². The van der Waals surface area contributed by atoms with Crippen molar-refractivity contribution in [1.82, 2.24) is 4.90 Å². The molecular weight excluding hydrogens is 280 g/mol. The molecule has 0 saturated heterocycles. The van der Waals surface area contributed by atoms with E-state index in [0.29, 0.717) is 0 Å². The summed E-state index contributed by atoms with van der Waals surface area (Å²) in [6.45, 7) is -0.760. The first-order valence-electron chi connectivity index (χ1n) is 5.50. The summed E-state index contributed by atoms with van der Waals surface area (Å²) in [4.78, 5) is 13.0. The number of alkyl halides is 3. The van der Waals surface area contributed by atoms with E-state index >= 15 is 0 Å². The lowest BCUT2D eigenvalue weighted by atomic mass is 10.1. The van der Waals surface area contributed by atoms with Gasteiger partial charge in [-0.2, -0.15) is 0 Å². The van der Waals surface area contributed by atoms with Gasteiger partial charge in [0.2, 0.25) is 0 Å². The zero-order chi connectivity index (χ0) is 14.4. The SMILES string of the molecule is COc1cccc(C(=O)N(CCCl)CC(F)F)c1O. The van der Waals surface area contributed by atoms with E-state index in [1.165, 1.54) is 25.3 Å². The molecule has 0 aromatic heterocycles. The minimum Gasteiger partial charge on any atom is -0.504 e. The number of rotatable bonds is 6. The topological polar surface area (TPSA) is 49.8 Å². The predicted octanol–water partition coefficient (Wildman–Crippen LogP) is 2.35. The molecule has 0 fully saturated rings. The third-order valence-corrected chi connectivity index (χ3v) is 2.62. The van der Waals surface area contributed by atoms with Gasteiger partial charge in [-0.15, -0.1) is 11.6 Å². The highest BCUT2D eigenvalue weighted by molar-refractivity contribution is 6.18. The third kappa shape index (κ3) is 3.96. The predicted molar refractivity (Wildman–Crippen MR) is 67.3 cm³/mol. The van der Waals surface area contributed by atoms with Crippen LogP contribution in [0, 0.1) is 0 Å². The molecule has 0 aliphatic heterocycles. The standard InChI is InChI=1S/C12H14ClF2NO3/c1-19-9-4-2-3-8(11(9)17)12(18)16(6-5-13)7-10(14)15/h2-4,10,17H,5-7H2,1H3. The summed E-state index contributed by atoms with van der Waals surface area (Å²) in [6.07, 6.45) is -2.67. The smallest absolute Gasteiger partial charge is 0.257 e. The Balaban J connectivity index is 3.02. The highest BCUT2D eigenvalue weighted by Gasteiger charge is 2.23. The lowest BCUT2D eigenvalue weighted by Gasteiger charge is -2.22. The Hall–Kier alpha value is -1.56. The average molecular weight is 294 g/mol. The maximum atomic E-state index is 12.4. The van der Waals surface area contributed by atoms with E-state index in [1.54, 1.807) is 0 Å². The largest absolute Gasteiger partial charge is 0.504 e. The lowest BCUT2D eigenvalue weighted by Crippen LogP contribution is -2.36. The molecule has 1 amide bonds. The zero-order valence-electron chi connectivity index (χ0n) is 10.3. The molecule has 4 nitrogen and oxygen atoms in total. The maximum Gasteiger partial charge on any atom is 0.257 e. The monoisotopic (exact) mass is 293 g/mol. The first kappa shape index (κ1) is 15.5. The molecule has 0 aliphatic rings. The van der Waals surface area contributed by atoms with Crippen LogP contribution in [0.5, 0.6) is 11.5 Å². The van der Waals surface area contributed by atoms with E-state index in [-0.39, 0.29) is 29.5 Å². The molecule has 7 heteroatoms. The van der Waals surface area contributed by atoms with Crippen LogP contribution in [0.25, 0.3) is 0 Å². The van der Waals surface area contributed by atoms with Crippen molar-refractivity contribution in [3.05, 3.63) is 23.8 Å². The Morgan fingerprint density at radius 1 is 1.53 bits per heavy atom. The van der Waals surface area contributed by atoms with Crippen molar-refractivity contribution in [3.63, 3.8) is 0 Å². The number of amides is 1. The van der Waals surface area contributed by atoms with Crippen LogP contribution in [-0.4, -0.2) is 48.4 Å². The number of hydrogen-bond acceptors (Lipinski definition) is 3. The van der Waals surface area contributed by atoms with Gasteiger partial charge in [0.15, 0.2) is 11.5 Å². The molecule has 0 atom stereocenters. The van der Waals surface area contributed by atoms with Gasteiger partial charge in [0.1, 0.15) is 0 Å². The van der Waals surface area contributed by atoms with Crippen LogP contribution in [-0.2, 0) is 0 Å². The van der Waals surface area contributed by atoms with E-state index in [9.17, 15) is 18.7 Å². The van der Waals surface area contributed by atoms with Crippen LogP contribution in [0.3, 0.4) is 0 Å². The fourth-order valence-corrected chi connectivity index (χ4v) is 1.78. The summed E-state index contributed by atoms with van der Waals surface area (Å²) in [6, 6.07) is 4.30. The van der Waals surface area contributed by atoms with Crippen LogP contribution < -0.4 is 4.74 Å². The van der Waals surface area contributed by atoms with Crippen molar-refractivity contribution in [3.8, 4) is 11.5 Å². The van der Waals surface area contributed by atoms with Crippen LogP contribution >= 0.6 is 11.6 Å². The molecule has 106 valence electrons. The summed E-state index contributed by atoms with van der Waals surface area (Å²) in [5.41, 5.74) is -0.0925. The van der Waals surface area contributed by atoms with Crippen molar-refractivity contribution >= 4 is 17.5 Å². The van der Waals surface area contributed by atoms with Crippen molar-refractivity contribution in [2.75, 3.05) is 26.1 Å². The molecule has 1 rings (SSSR count). The van der Waals surface area contributed by atoms with Gasteiger partial charge in [0.25, 0.3) is 12.3 Å². The number of nitrogens with zero attached hydrogens (tertiary/aromatic N) is 1. The first-order valence-corrected chi connectivity index (χ1v) is 6.04. The Labute approximate surface area is 114 Å². The van der Waals surface area contributed by atoms with Crippen LogP contribution in [0.4, 0.5) is 8.78 Å². The molecule has 1 aromatic rings. The van der Waals surface area contributed by atoms with Gasteiger partial charge in [-0.05, 0) is 12.1 Å². The quantitative estimate of drug-likeness (QED) is 0.819. The van der Waals surface area contributed by atoms with Gasteiger partial charge in [-0.25, -0.2) is 8.78 Å². The highest BCUT2D eigenvalue weighted by Crippen LogP contribution is 2.30. The fourth-order valence-electron chi connectivity index (χ4n) is 1.57. The second-order valence-electron chi connectivity index (χ2n) is 3.69. The first-order chi connectivity index (χ1) is 9.01. The Kier molecular flexibility index (Phi) is 5.82. The average Bonchev–Trinajstić information content (AvgIpc) is 2.37. The summed E-state index contributed by atoms with van der Waals surface area (Å²) < 4.78 is 29.7. The molecule has 0 radical (unpaired) electrons. The van der Waals surface area contributed by atoms with E-state index in [1.807, 2.05) is 0 Å². The molecule has 0 unspecified atom stereocenters. The van der Waals surface area contributed by atoms with Crippen LogP contribution in [0.2, 0.25) is 0 Å². The number of para-hydroxylation sites is 1. The number of carbonyl (C=O) groups is 1. The van der Waals surface area contributed by atoms with E-state index in [4.69, 9.17) is 16.3 Å². The molecule has 1 N–H and O–H groups in total. The Morgan fingerprint density at radius 3 is 2.74 bits per heavy atom. The normalized spacial score (nSPS) is 10.6. The van der Waals surface area contributed by atoms with Crippen LogP contribution in [0.15, 0.2) is 18.2 Å². The summed E-state index contributed by atoms with van der Waals surface area (Å²) in [5, 5.41) is 9.82. The maximum absolute atomic E-state index is 12.4. The third-order valence-electron chi connectivity index (χ3n) is 2.45. The lowest BCUT2D eigenvalue weighted by molar-refractivity contribution is 0.0568. The summed E-state index contributed by atoms with van der Waals surface area (Å²) >= 11 is 5.48. The van der Waals surface area contributed by atoms with Gasteiger partial charge in [-0.3, -0.25) is 4.79 Å². The minimum absolute atomic E-state index is 0.0264.